The van der Waals surface area contributed by atoms with Crippen molar-refractivity contribution in [3.63, 3.8) is 0 Å². The maximum absolute atomic E-state index is 14.8. The van der Waals surface area contributed by atoms with Crippen LogP contribution in [0.5, 0.6) is 0 Å². The molecule has 72 heavy (non-hydrogen) atoms. The summed E-state index contributed by atoms with van der Waals surface area (Å²) in [6.45, 7) is 0. The largest absolute Gasteiger partial charge is 0.462 e. The van der Waals surface area contributed by atoms with Gasteiger partial charge in [0.05, 0.1) is 0 Å². The van der Waals surface area contributed by atoms with Crippen molar-refractivity contribution in [2.75, 3.05) is 0 Å². The van der Waals surface area contributed by atoms with Crippen molar-refractivity contribution >= 4 is 24.6 Å². The molecule has 1 heterocycles. The zero-order chi connectivity index (χ0) is 58.8. The van der Waals surface area contributed by atoms with Crippen LogP contribution in [0, 0.1) is 0 Å². The van der Waals surface area contributed by atoms with E-state index in [1.54, 1.807) is 27.8 Å². The molecule has 0 fully saturated rings. The van der Waals surface area contributed by atoms with Gasteiger partial charge in [-0.3, -0.25) is 9.05 Å². The number of nitrogens with zero attached hydrogens (tertiary/aromatic N) is 3. The second kappa shape index (κ2) is 18.5. The van der Waals surface area contributed by atoms with E-state index >= 15 is 0 Å². The Kier molecular flexibility index (Phi) is 17.4. The predicted molar refractivity (Wildman–Crippen MR) is 129 cm³/mol. The monoisotopic (exact) mass is 1240 g/mol. The highest BCUT2D eigenvalue weighted by atomic mass is 31.3. The van der Waals surface area contributed by atoms with Crippen LogP contribution < -0.4 is 0 Å². The van der Waals surface area contributed by atoms with E-state index in [0.717, 1.165) is 0 Å². The molecule has 1 rings (SSSR count). The van der Waals surface area contributed by atoms with Gasteiger partial charge in [-0.2, -0.15) is 189 Å². The highest BCUT2D eigenvalue weighted by Gasteiger charge is 2.85. The first-order chi connectivity index (χ1) is 30.5. The quantitative estimate of drug-likeness (QED) is 0.0993. The summed E-state index contributed by atoms with van der Waals surface area (Å²) >= 11 is 0. The first kappa shape index (κ1) is 67.8. The molecule has 0 amide bonds. The Bertz CT molecular complexity index is 1920. The fourth-order valence-electron chi connectivity index (χ4n) is 2.84. The summed E-state index contributed by atoms with van der Waals surface area (Å²) in [6, 6.07) is 0. The molecule has 1 aliphatic rings. The van der Waals surface area contributed by atoms with E-state index in [9.17, 15) is 184 Å². The second-order valence-corrected chi connectivity index (χ2v) is 17.2. The van der Waals surface area contributed by atoms with E-state index in [0.29, 0.717) is 4.52 Å². The molecule has 0 saturated carbocycles. The molecule has 2 unspecified atom stereocenters. The molecule has 0 N–H and O–H groups in total. The lowest BCUT2D eigenvalue weighted by molar-refractivity contribution is -0.461. The Morgan fingerprint density at radius 2 is 0.500 bits per heavy atom. The third kappa shape index (κ3) is 11.7. The molecule has 54 heteroatoms. The van der Waals surface area contributed by atoms with E-state index in [1.165, 1.54) is 0 Å². The van der Waals surface area contributed by atoms with Gasteiger partial charge in [0.15, 0.2) is 0 Å². The van der Waals surface area contributed by atoms with Gasteiger partial charge in [-0.1, -0.05) is 0 Å². The van der Waals surface area contributed by atoms with Gasteiger partial charge < -0.3 is 0 Å². The van der Waals surface area contributed by atoms with Crippen LogP contribution in [0.1, 0.15) is 0 Å². The number of hydrogen-bond acceptors (Lipinski definition) is 9. The third-order valence-electron chi connectivity index (χ3n) is 6.43. The molecule has 432 valence electrons. The molecular weight excluding hydrogens is 1250 g/mol. The Morgan fingerprint density at radius 3 is 0.764 bits per heavy atom. The van der Waals surface area contributed by atoms with E-state index in [1.807, 2.05) is 0 Å². The highest BCUT2D eigenvalue weighted by molar-refractivity contribution is 7.78. The van der Waals surface area contributed by atoms with Crippen molar-refractivity contribution in [2.45, 2.75) is 109 Å². The van der Waals surface area contributed by atoms with Gasteiger partial charge in [0, 0.05) is 0 Å². The summed E-state index contributed by atoms with van der Waals surface area (Å²) in [5, 5.41) is 0. The maximum Gasteiger partial charge on any atom is 0.462 e. The summed E-state index contributed by atoms with van der Waals surface area (Å²) in [7, 11) is -28.2. The van der Waals surface area contributed by atoms with Gasteiger partial charge in [-0.15, -0.1) is 0 Å². The molecule has 0 radical (unpaired) electrons. The summed E-state index contributed by atoms with van der Waals surface area (Å²) in [5.74, 6) is -54.0. The van der Waals surface area contributed by atoms with Crippen molar-refractivity contribution in [1.29, 1.82) is 0 Å². The molecule has 0 aromatic carbocycles. The number of halogens is 42. The fourth-order valence-corrected chi connectivity index (χ4v) is 10.4. The van der Waals surface area contributed by atoms with Crippen LogP contribution in [-0.2, 0) is 27.8 Å². The average molecular weight is 1250 g/mol. The predicted octanol–water partition coefficient (Wildman–Crippen LogP) is 15.7. The summed E-state index contributed by atoms with van der Waals surface area (Å²) in [6.07, 6.45) is -106. The summed E-state index contributed by atoms with van der Waals surface area (Å²) in [4.78, 5) is 3.25. The van der Waals surface area contributed by atoms with E-state index in [2.05, 4.69) is 0 Å². The topological polar surface area (TPSA) is 74.2 Å². The van der Waals surface area contributed by atoms with Gasteiger partial charge in [0.2, 0.25) is 0 Å². The Morgan fingerprint density at radius 1 is 0.278 bits per heavy atom. The van der Waals surface area contributed by atoms with Crippen molar-refractivity contribution in [3.05, 3.63) is 0 Å². The molecule has 9 nitrogen and oxygen atoms in total. The van der Waals surface area contributed by atoms with Crippen molar-refractivity contribution in [1.82, 2.24) is 9.21 Å². The Labute approximate surface area is 361 Å². The van der Waals surface area contributed by atoms with Crippen molar-refractivity contribution in [3.8, 4) is 0 Å². The number of hydrogen-bond donors (Lipinski definition) is 0. The molecule has 0 bridgehead atoms. The van der Waals surface area contributed by atoms with Gasteiger partial charge in [0.25, 0.3) is 16.9 Å². The molecule has 2 atom stereocenters. The van der Waals surface area contributed by atoms with E-state index < -0.39 is 143 Å². The van der Waals surface area contributed by atoms with Crippen LogP contribution in [0.3, 0.4) is 0 Å². The van der Waals surface area contributed by atoms with Crippen LogP contribution in [0.4, 0.5) is 184 Å². The smallest absolute Gasteiger partial charge is 0.257 e. The van der Waals surface area contributed by atoms with Crippen LogP contribution in [0.15, 0.2) is 4.52 Å². The zero-order valence-corrected chi connectivity index (χ0v) is 32.7. The first-order valence-electron chi connectivity index (χ1n) is 14.5. The van der Waals surface area contributed by atoms with Gasteiger partial charge in [-0.05, 0) is 9.21 Å². The average Bonchev–Trinajstić information content (AvgIpc) is 3.07. The lowest BCUT2D eigenvalue weighted by atomic mass is 10.3. The lowest BCUT2D eigenvalue weighted by Crippen LogP contribution is -2.59. The van der Waals surface area contributed by atoms with Crippen LogP contribution in [-0.4, -0.2) is 118 Å². The molecule has 1 aliphatic heterocycles. The summed E-state index contributed by atoms with van der Waals surface area (Å²) < 4.78 is 575. The zero-order valence-electron chi connectivity index (χ0n) is 30.0. The minimum absolute atomic E-state index is 0.298. The maximum atomic E-state index is 14.8. The van der Waals surface area contributed by atoms with Gasteiger partial charge in [-0.25, -0.2) is 18.7 Å². The minimum atomic E-state index is -11.0. The standard InChI is InChI=1S/C18F42N3O6P3/c19-1(20,7(31,32)33)13(49,50)64-62-70(66-15(53,54)3(23,24)9(37,38)39)61-72(68-17(57,58)5(27,28)11(43,44)45,69-18(59,60)6(29,30)12(46,47)48)63(65-14(51,52)2(21,22)8(34,35)36)71(62)67-16(55,56)4(25,26)10(40,41)42. The first-order valence-corrected chi connectivity index (χ1v) is 18.3. The second-order valence-electron chi connectivity index (χ2n) is 11.7. The third-order valence-corrected chi connectivity index (χ3v) is 13.4. The minimum Gasteiger partial charge on any atom is -0.257 e. The van der Waals surface area contributed by atoms with E-state index in [-0.39, 0.29) is 0 Å². The van der Waals surface area contributed by atoms with Gasteiger partial charge in [0.1, 0.15) is 0 Å². The molecule has 0 spiro atoms. The van der Waals surface area contributed by atoms with E-state index in [4.69, 9.17) is 0 Å². The normalized spacial score (nSPS) is 20.8. The van der Waals surface area contributed by atoms with Crippen molar-refractivity contribution in [2.24, 2.45) is 4.52 Å². The number of rotatable bonds is 18. The van der Waals surface area contributed by atoms with Crippen molar-refractivity contribution < 1.29 is 212 Å². The van der Waals surface area contributed by atoms with Crippen LogP contribution in [0.2, 0.25) is 0 Å². The Balaban J connectivity index is 5.56. The molecular formula is C18F42N3O6P3. The molecule has 0 aromatic rings. The SMILES string of the molecule is FC(F)(F)C(F)(F)C(F)(F)ON1P(OC(F)(F)C(F)(F)C(F)(F)F)N=P(OC(F)(F)C(F)(F)C(F)(F)F)(OC(F)(F)C(F)(F)C(F)(F)F)N(OC(F)(F)C(F)(F)C(F)(F)F)P1OC(F)(F)C(F)(F)C(F)(F)F. The molecule has 0 aromatic heterocycles. The Hall–Kier alpha value is -2.17. The number of alkyl halides is 42. The fraction of sp³-hybridized carbons (Fsp3) is 1.00. The van der Waals surface area contributed by atoms with Crippen LogP contribution in [0.25, 0.3) is 0 Å². The lowest BCUT2D eigenvalue weighted by Gasteiger charge is -2.49. The summed E-state index contributed by atoms with van der Waals surface area (Å²) in [5.41, 5.74) is 0. The molecule has 0 saturated heterocycles. The van der Waals surface area contributed by atoms with Gasteiger partial charge >= 0.3 is 117 Å². The van der Waals surface area contributed by atoms with Crippen LogP contribution >= 0.6 is 24.6 Å². The highest BCUT2D eigenvalue weighted by Crippen LogP contribution is 2.85. The molecule has 0 aliphatic carbocycles.